The molecule has 0 atom stereocenters. The van der Waals surface area contributed by atoms with Crippen molar-refractivity contribution in [1.29, 1.82) is 0 Å². The highest BCUT2D eigenvalue weighted by molar-refractivity contribution is 7.98. The van der Waals surface area contributed by atoms with Crippen LogP contribution in [-0.4, -0.2) is 33.9 Å². The van der Waals surface area contributed by atoms with E-state index >= 15 is 0 Å². The van der Waals surface area contributed by atoms with Crippen LogP contribution in [0.4, 0.5) is 5.82 Å². The Bertz CT molecular complexity index is 321. The van der Waals surface area contributed by atoms with E-state index in [1.165, 1.54) is 18.1 Å². The zero-order chi connectivity index (χ0) is 10.4. The minimum absolute atomic E-state index is 0.418. The fraction of sp³-hybridized carbons (Fsp3) is 0.286. The lowest BCUT2D eigenvalue weighted by molar-refractivity contribution is -0.141. The molecule has 0 aliphatic rings. The van der Waals surface area contributed by atoms with E-state index in [1.54, 1.807) is 6.07 Å². The standard InChI is InChI=1S/C7H9N3O3S/c1-14-6-2-5(8-4-9-6)10-13-3-7(11)12/h2,4H,3H2,1H3,(H,11,12)(H,8,9,10). The van der Waals surface area contributed by atoms with Gasteiger partial charge in [0.2, 0.25) is 0 Å². The molecule has 6 nitrogen and oxygen atoms in total. The molecule has 0 saturated carbocycles. The third-order valence-corrected chi connectivity index (χ3v) is 1.87. The zero-order valence-corrected chi connectivity index (χ0v) is 8.24. The normalized spacial score (nSPS) is 9.79. The highest BCUT2D eigenvalue weighted by Gasteiger charge is 1.99. The Balaban J connectivity index is 2.46. The van der Waals surface area contributed by atoms with Gasteiger partial charge in [-0.05, 0) is 6.26 Å². The van der Waals surface area contributed by atoms with Crippen LogP contribution in [0.1, 0.15) is 0 Å². The van der Waals surface area contributed by atoms with Crippen molar-refractivity contribution in [3.8, 4) is 0 Å². The van der Waals surface area contributed by atoms with E-state index in [0.717, 1.165) is 5.03 Å². The highest BCUT2D eigenvalue weighted by atomic mass is 32.2. The maximum atomic E-state index is 10.1. The molecule has 0 bridgehead atoms. The van der Waals surface area contributed by atoms with Crippen LogP contribution in [0.3, 0.4) is 0 Å². The Morgan fingerprint density at radius 1 is 1.71 bits per heavy atom. The van der Waals surface area contributed by atoms with Crippen molar-refractivity contribution in [2.75, 3.05) is 18.3 Å². The molecule has 0 spiro atoms. The summed E-state index contributed by atoms with van der Waals surface area (Å²) in [5.74, 6) is -0.609. The predicted octanol–water partition coefficient (Wildman–Crippen LogP) is 0.627. The molecule has 1 rings (SSSR count). The number of anilines is 1. The Kier molecular flexibility index (Phi) is 4.14. The van der Waals surface area contributed by atoms with Gasteiger partial charge in [0.1, 0.15) is 11.4 Å². The van der Waals surface area contributed by atoms with Gasteiger partial charge in [-0.3, -0.25) is 4.84 Å². The van der Waals surface area contributed by atoms with E-state index in [2.05, 4.69) is 20.3 Å². The molecule has 0 saturated heterocycles. The van der Waals surface area contributed by atoms with Gasteiger partial charge in [0.15, 0.2) is 12.4 Å². The Labute approximate surface area is 84.7 Å². The summed E-state index contributed by atoms with van der Waals surface area (Å²) in [6.45, 7) is -0.418. The van der Waals surface area contributed by atoms with Crippen LogP contribution >= 0.6 is 11.8 Å². The summed E-state index contributed by atoms with van der Waals surface area (Å²) >= 11 is 1.46. The molecule has 76 valence electrons. The average molecular weight is 215 g/mol. The van der Waals surface area contributed by atoms with Crippen LogP contribution in [0.15, 0.2) is 17.4 Å². The molecule has 0 aliphatic heterocycles. The van der Waals surface area contributed by atoms with Gasteiger partial charge in [0.05, 0.1) is 0 Å². The van der Waals surface area contributed by atoms with Crippen LogP contribution in [0.5, 0.6) is 0 Å². The van der Waals surface area contributed by atoms with Crippen LogP contribution in [0.2, 0.25) is 0 Å². The van der Waals surface area contributed by atoms with E-state index in [4.69, 9.17) is 5.11 Å². The maximum absolute atomic E-state index is 10.1. The van der Waals surface area contributed by atoms with Crippen molar-refractivity contribution >= 4 is 23.5 Å². The van der Waals surface area contributed by atoms with Crippen molar-refractivity contribution in [3.63, 3.8) is 0 Å². The Morgan fingerprint density at radius 2 is 2.50 bits per heavy atom. The SMILES string of the molecule is CSc1cc(NOCC(=O)O)ncn1. The van der Waals surface area contributed by atoms with E-state index < -0.39 is 12.6 Å². The van der Waals surface area contributed by atoms with Gasteiger partial charge >= 0.3 is 5.97 Å². The summed E-state index contributed by atoms with van der Waals surface area (Å²) in [6.07, 6.45) is 3.25. The monoisotopic (exact) mass is 215 g/mol. The first-order chi connectivity index (χ1) is 6.72. The smallest absolute Gasteiger partial charge is 0.332 e. The van der Waals surface area contributed by atoms with Gasteiger partial charge < -0.3 is 5.11 Å². The fourth-order valence-corrected chi connectivity index (χ4v) is 1.06. The fourth-order valence-electron chi connectivity index (χ4n) is 0.679. The van der Waals surface area contributed by atoms with Gasteiger partial charge in [-0.15, -0.1) is 11.8 Å². The lowest BCUT2D eigenvalue weighted by atomic mass is 10.6. The van der Waals surface area contributed by atoms with Gasteiger partial charge in [-0.25, -0.2) is 20.2 Å². The number of carboxylic acids is 1. The quantitative estimate of drug-likeness (QED) is 0.423. The highest BCUT2D eigenvalue weighted by Crippen LogP contribution is 2.13. The van der Waals surface area contributed by atoms with Crippen molar-refractivity contribution in [1.82, 2.24) is 9.97 Å². The molecule has 0 fully saturated rings. The van der Waals surface area contributed by atoms with Crippen molar-refractivity contribution in [3.05, 3.63) is 12.4 Å². The summed E-state index contributed by atoms with van der Waals surface area (Å²) in [4.78, 5) is 22.5. The third kappa shape index (κ3) is 3.58. The molecule has 1 aromatic rings. The van der Waals surface area contributed by atoms with Crippen molar-refractivity contribution in [2.24, 2.45) is 0 Å². The second-order valence-corrected chi connectivity index (χ2v) is 3.06. The number of nitrogens with one attached hydrogen (secondary N) is 1. The van der Waals surface area contributed by atoms with Crippen molar-refractivity contribution < 1.29 is 14.7 Å². The van der Waals surface area contributed by atoms with Crippen LogP contribution in [0.25, 0.3) is 0 Å². The molecule has 2 N–H and O–H groups in total. The maximum Gasteiger partial charge on any atom is 0.332 e. The first kappa shape index (κ1) is 10.7. The summed E-state index contributed by atoms with van der Waals surface area (Å²) in [5, 5.41) is 9.07. The molecule has 1 aromatic heterocycles. The van der Waals surface area contributed by atoms with Gasteiger partial charge in [0, 0.05) is 6.07 Å². The number of aromatic nitrogens is 2. The average Bonchev–Trinajstić information content (AvgIpc) is 2.18. The van der Waals surface area contributed by atoms with Crippen molar-refractivity contribution in [2.45, 2.75) is 5.03 Å². The largest absolute Gasteiger partial charge is 0.479 e. The number of aliphatic carboxylic acids is 1. The molecule has 14 heavy (non-hydrogen) atoms. The molecule has 0 radical (unpaired) electrons. The number of hydrogen-bond donors (Lipinski definition) is 2. The number of thioether (sulfide) groups is 1. The third-order valence-electron chi connectivity index (χ3n) is 1.22. The molecule has 7 heteroatoms. The first-order valence-corrected chi connectivity index (χ1v) is 4.90. The molecule has 0 amide bonds. The molecular formula is C7H9N3O3S. The lowest BCUT2D eigenvalue weighted by Crippen LogP contribution is -2.12. The minimum Gasteiger partial charge on any atom is -0.479 e. The van der Waals surface area contributed by atoms with E-state index in [9.17, 15) is 4.79 Å². The van der Waals surface area contributed by atoms with E-state index in [-0.39, 0.29) is 0 Å². The second kappa shape index (κ2) is 5.40. The Hall–Kier alpha value is -1.34. The topological polar surface area (TPSA) is 84.3 Å². The van der Waals surface area contributed by atoms with Crippen LogP contribution in [-0.2, 0) is 9.63 Å². The number of hydrogen-bond acceptors (Lipinski definition) is 6. The van der Waals surface area contributed by atoms with E-state index in [0.29, 0.717) is 5.82 Å². The Morgan fingerprint density at radius 3 is 3.14 bits per heavy atom. The molecular weight excluding hydrogens is 206 g/mol. The number of rotatable bonds is 5. The van der Waals surface area contributed by atoms with Gasteiger partial charge in [0.25, 0.3) is 0 Å². The lowest BCUT2D eigenvalue weighted by Gasteiger charge is -2.03. The van der Waals surface area contributed by atoms with Crippen LogP contribution < -0.4 is 5.48 Å². The predicted molar refractivity (Wildman–Crippen MR) is 51.0 cm³/mol. The number of nitrogens with zero attached hydrogens (tertiary/aromatic N) is 2. The summed E-state index contributed by atoms with van der Waals surface area (Å²) in [6, 6.07) is 1.66. The molecule has 0 unspecified atom stereocenters. The molecule has 0 aromatic carbocycles. The van der Waals surface area contributed by atoms with Gasteiger partial charge in [-0.1, -0.05) is 0 Å². The van der Waals surface area contributed by atoms with Gasteiger partial charge in [-0.2, -0.15) is 0 Å². The number of carboxylic acid groups (broad SMARTS) is 1. The first-order valence-electron chi connectivity index (χ1n) is 3.68. The summed E-state index contributed by atoms with van der Waals surface area (Å²) in [5.41, 5.74) is 2.41. The zero-order valence-electron chi connectivity index (χ0n) is 7.43. The van der Waals surface area contributed by atoms with E-state index in [1.807, 2.05) is 6.26 Å². The summed E-state index contributed by atoms with van der Waals surface area (Å²) < 4.78 is 0. The minimum atomic E-state index is -1.04. The second-order valence-electron chi connectivity index (χ2n) is 2.23. The molecule has 1 heterocycles. The van der Waals surface area contributed by atoms with Crippen LogP contribution in [0, 0.1) is 0 Å². The summed E-state index contributed by atoms with van der Waals surface area (Å²) in [7, 11) is 0. The molecule has 0 aliphatic carbocycles. The number of carbonyl (C=O) groups is 1.